The maximum Gasteiger partial charge on any atom is 0.322 e. The fraction of sp³-hybridized carbons (Fsp3) is 0.409. The van der Waals surface area contributed by atoms with Crippen LogP contribution in [-0.2, 0) is 19.5 Å². The van der Waals surface area contributed by atoms with E-state index in [1.807, 2.05) is 23.1 Å². The number of hydrogen-bond acceptors (Lipinski definition) is 2. The molecule has 2 heterocycles. The molecule has 2 aliphatic rings. The van der Waals surface area contributed by atoms with Gasteiger partial charge in [0.15, 0.2) is 0 Å². The van der Waals surface area contributed by atoms with E-state index in [4.69, 9.17) is 0 Å². The minimum atomic E-state index is 0.00252. The zero-order chi connectivity index (χ0) is 17.8. The van der Waals surface area contributed by atoms with Crippen molar-refractivity contribution < 1.29 is 4.79 Å². The quantitative estimate of drug-likeness (QED) is 0.907. The summed E-state index contributed by atoms with van der Waals surface area (Å²) in [5, 5.41) is 3.13. The zero-order valence-corrected chi connectivity index (χ0v) is 15.3. The van der Waals surface area contributed by atoms with Crippen molar-refractivity contribution in [1.82, 2.24) is 10.2 Å². The van der Waals surface area contributed by atoms with Gasteiger partial charge in [-0.3, -0.25) is 9.80 Å². The summed E-state index contributed by atoms with van der Waals surface area (Å²) in [5.74, 6) is 0. The van der Waals surface area contributed by atoms with Crippen LogP contribution in [0.15, 0.2) is 48.5 Å². The number of nitrogens with one attached hydrogen (secondary N) is 1. The summed E-state index contributed by atoms with van der Waals surface area (Å²) < 4.78 is 0. The number of nitrogens with zero attached hydrogens (tertiary/aromatic N) is 2. The smallest absolute Gasteiger partial charge is 0.322 e. The SMILES string of the molecule is O=C(NCc1ccccc1CN1CCCCC1)N1CCc2ccccc21. The predicted molar refractivity (Wildman–Crippen MR) is 105 cm³/mol. The summed E-state index contributed by atoms with van der Waals surface area (Å²) in [7, 11) is 0. The molecule has 1 saturated heterocycles. The second-order valence-corrected chi connectivity index (χ2v) is 7.29. The molecule has 4 rings (SSSR count). The number of anilines is 1. The summed E-state index contributed by atoms with van der Waals surface area (Å²) in [4.78, 5) is 17.1. The molecule has 2 aromatic carbocycles. The average Bonchev–Trinajstić information content (AvgIpc) is 3.12. The van der Waals surface area contributed by atoms with Crippen LogP contribution in [0.5, 0.6) is 0 Å². The number of piperidine rings is 1. The number of para-hydroxylation sites is 1. The number of hydrogen-bond donors (Lipinski definition) is 1. The fourth-order valence-corrected chi connectivity index (χ4v) is 4.06. The topological polar surface area (TPSA) is 35.6 Å². The number of amides is 2. The van der Waals surface area contributed by atoms with Gasteiger partial charge in [-0.1, -0.05) is 48.9 Å². The molecule has 2 aromatic rings. The maximum absolute atomic E-state index is 12.7. The maximum atomic E-state index is 12.7. The molecule has 0 spiro atoms. The first-order chi connectivity index (χ1) is 12.8. The molecule has 0 bridgehead atoms. The van der Waals surface area contributed by atoms with Crippen molar-refractivity contribution in [3.05, 3.63) is 65.2 Å². The average molecular weight is 349 g/mol. The van der Waals surface area contributed by atoms with E-state index in [1.54, 1.807) is 0 Å². The minimum absolute atomic E-state index is 0.00252. The lowest BCUT2D eigenvalue weighted by Gasteiger charge is -2.27. The Morgan fingerprint density at radius 1 is 0.885 bits per heavy atom. The van der Waals surface area contributed by atoms with E-state index in [-0.39, 0.29) is 6.03 Å². The third kappa shape index (κ3) is 3.75. The number of urea groups is 1. The lowest BCUT2D eigenvalue weighted by Crippen LogP contribution is -2.38. The van der Waals surface area contributed by atoms with E-state index in [9.17, 15) is 4.79 Å². The number of carbonyl (C=O) groups is 1. The van der Waals surface area contributed by atoms with E-state index in [2.05, 4.69) is 40.5 Å². The molecule has 0 atom stereocenters. The Kier molecular flexibility index (Phi) is 5.21. The van der Waals surface area contributed by atoms with Gasteiger partial charge in [-0.15, -0.1) is 0 Å². The summed E-state index contributed by atoms with van der Waals surface area (Å²) in [6, 6.07) is 16.7. The second-order valence-electron chi connectivity index (χ2n) is 7.29. The fourth-order valence-electron chi connectivity index (χ4n) is 4.06. The first-order valence-corrected chi connectivity index (χ1v) is 9.74. The highest BCUT2D eigenvalue weighted by Crippen LogP contribution is 2.27. The Bertz CT molecular complexity index is 767. The molecule has 1 N–H and O–H groups in total. The molecule has 0 saturated carbocycles. The lowest BCUT2D eigenvalue weighted by molar-refractivity contribution is 0.220. The Morgan fingerprint density at radius 3 is 2.46 bits per heavy atom. The molecular formula is C22H27N3O. The van der Waals surface area contributed by atoms with Crippen molar-refractivity contribution >= 4 is 11.7 Å². The molecular weight excluding hydrogens is 322 g/mol. The van der Waals surface area contributed by atoms with Crippen molar-refractivity contribution in [3.63, 3.8) is 0 Å². The van der Waals surface area contributed by atoms with Gasteiger partial charge in [0.2, 0.25) is 0 Å². The molecule has 0 aliphatic carbocycles. The summed E-state index contributed by atoms with van der Waals surface area (Å²) in [6.45, 7) is 4.71. The van der Waals surface area contributed by atoms with Gasteiger partial charge in [0.05, 0.1) is 0 Å². The molecule has 2 aliphatic heterocycles. The summed E-state index contributed by atoms with van der Waals surface area (Å²) in [5.41, 5.74) is 4.86. The standard InChI is InChI=1S/C22H27N3O/c26-22(25-15-12-18-8-4-5-11-21(18)25)23-16-19-9-2-3-10-20(19)17-24-13-6-1-7-14-24/h2-5,8-11H,1,6-7,12-17H2,(H,23,26). The van der Waals surface area contributed by atoms with Crippen LogP contribution in [0.25, 0.3) is 0 Å². The van der Waals surface area contributed by atoms with Gasteiger partial charge in [-0.2, -0.15) is 0 Å². The molecule has 4 nitrogen and oxygen atoms in total. The number of benzene rings is 2. The van der Waals surface area contributed by atoms with Crippen molar-refractivity contribution in [1.29, 1.82) is 0 Å². The van der Waals surface area contributed by atoms with E-state index < -0.39 is 0 Å². The third-order valence-corrected chi connectivity index (χ3v) is 5.52. The minimum Gasteiger partial charge on any atom is -0.334 e. The van der Waals surface area contributed by atoms with E-state index >= 15 is 0 Å². The lowest BCUT2D eigenvalue weighted by atomic mass is 10.0. The number of carbonyl (C=O) groups excluding carboxylic acids is 1. The van der Waals surface area contributed by atoms with Crippen molar-refractivity contribution in [3.8, 4) is 0 Å². The Labute approximate surface area is 155 Å². The van der Waals surface area contributed by atoms with Crippen LogP contribution in [0.2, 0.25) is 0 Å². The van der Waals surface area contributed by atoms with E-state index in [0.29, 0.717) is 6.54 Å². The number of rotatable bonds is 4. The van der Waals surface area contributed by atoms with Crippen LogP contribution in [0.3, 0.4) is 0 Å². The normalized spacial score (nSPS) is 17.2. The molecule has 1 fully saturated rings. The number of likely N-dealkylation sites (tertiary alicyclic amines) is 1. The highest BCUT2D eigenvalue weighted by Gasteiger charge is 2.24. The number of fused-ring (bicyclic) bond motifs is 1. The van der Waals surface area contributed by atoms with Crippen LogP contribution in [0.1, 0.15) is 36.0 Å². The van der Waals surface area contributed by atoms with E-state index in [1.165, 1.54) is 49.0 Å². The molecule has 0 unspecified atom stereocenters. The van der Waals surface area contributed by atoms with E-state index in [0.717, 1.165) is 25.2 Å². The van der Waals surface area contributed by atoms with Crippen molar-refractivity contribution in [2.24, 2.45) is 0 Å². The summed E-state index contributed by atoms with van der Waals surface area (Å²) >= 11 is 0. The first kappa shape index (κ1) is 17.1. The van der Waals surface area contributed by atoms with Crippen LogP contribution >= 0.6 is 0 Å². The van der Waals surface area contributed by atoms with Crippen LogP contribution < -0.4 is 10.2 Å². The molecule has 0 aromatic heterocycles. The van der Waals surface area contributed by atoms with Crippen molar-refractivity contribution in [2.75, 3.05) is 24.5 Å². The first-order valence-electron chi connectivity index (χ1n) is 9.74. The summed E-state index contributed by atoms with van der Waals surface area (Å²) in [6.07, 6.45) is 4.89. The Hall–Kier alpha value is -2.33. The Morgan fingerprint density at radius 2 is 1.62 bits per heavy atom. The molecule has 136 valence electrons. The van der Waals surface area contributed by atoms with Gasteiger partial charge < -0.3 is 5.32 Å². The van der Waals surface area contributed by atoms with Crippen LogP contribution in [0.4, 0.5) is 10.5 Å². The van der Waals surface area contributed by atoms with Crippen molar-refractivity contribution in [2.45, 2.75) is 38.8 Å². The van der Waals surface area contributed by atoms with Gasteiger partial charge in [0, 0.05) is 25.3 Å². The van der Waals surface area contributed by atoms with Gasteiger partial charge in [0.1, 0.15) is 0 Å². The molecule has 26 heavy (non-hydrogen) atoms. The zero-order valence-electron chi connectivity index (χ0n) is 15.3. The highest BCUT2D eigenvalue weighted by atomic mass is 16.2. The van der Waals surface area contributed by atoms with Crippen LogP contribution in [-0.4, -0.2) is 30.6 Å². The molecule has 4 heteroatoms. The van der Waals surface area contributed by atoms with Crippen LogP contribution in [0, 0.1) is 0 Å². The largest absolute Gasteiger partial charge is 0.334 e. The third-order valence-electron chi connectivity index (χ3n) is 5.52. The van der Waals surface area contributed by atoms with Gasteiger partial charge in [0.25, 0.3) is 0 Å². The molecule has 2 amide bonds. The van der Waals surface area contributed by atoms with Gasteiger partial charge in [-0.05, 0) is 55.1 Å². The second kappa shape index (κ2) is 7.92. The van der Waals surface area contributed by atoms with Gasteiger partial charge >= 0.3 is 6.03 Å². The Balaban J connectivity index is 1.39. The highest BCUT2D eigenvalue weighted by molar-refractivity contribution is 5.94. The monoisotopic (exact) mass is 349 g/mol. The molecule has 0 radical (unpaired) electrons. The predicted octanol–water partition coefficient (Wildman–Crippen LogP) is 3.94. The van der Waals surface area contributed by atoms with Gasteiger partial charge in [-0.25, -0.2) is 4.79 Å².